The van der Waals surface area contributed by atoms with E-state index < -0.39 is 10.8 Å². The average molecular weight is 538 g/mol. The van der Waals surface area contributed by atoms with Crippen molar-refractivity contribution >= 4 is 52.3 Å². The van der Waals surface area contributed by atoms with E-state index in [1.165, 1.54) is 5.56 Å². The van der Waals surface area contributed by atoms with Gasteiger partial charge in [-0.25, -0.2) is 0 Å². The monoisotopic (exact) mass is 537 g/mol. The molecule has 4 nitrogen and oxygen atoms in total. The maximum Gasteiger partial charge on any atom is 0.191 e. The van der Waals surface area contributed by atoms with Gasteiger partial charge in [-0.15, -0.1) is 24.0 Å². The summed E-state index contributed by atoms with van der Waals surface area (Å²) >= 11 is 6.19. The van der Waals surface area contributed by atoms with Gasteiger partial charge < -0.3 is 10.6 Å². The molecular weight excluding hydrogens is 505 g/mol. The van der Waals surface area contributed by atoms with Crippen molar-refractivity contribution in [3.8, 4) is 0 Å². The van der Waals surface area contributed by atoms with E-state index in [1.807, 2.05) is 19.1 Å². The second-order valence-corrected chi connectivity index (χ2v) is 10.2. The Morgan fingerprint density at radius 3 is 2.75 bits per heavy atom. The van der Waals surface area contributed by atoms with E-state index in [4.69, 9.17) is 16.6 Å². The van der Waals surface area contributed by atoms with Crippen LogP contribution in [0.3, 0.4) is 0 Å². The van der Waals surface area contributed by atoms with E-state index in [0.717, 1.165) is 68.3 Å². The van der Waals surface area contributed by atoms with Gasteiger partial charge in [0.1, 0.15) is 0 Å². The Morgan fingerprint density at radius 1 is 1.32 bits per heavy atom. The van der Waals surface area contributed by atoms with Crippen LogP contribution in [0.25, 0.3) is 0 Å². The molecule has 0 spiro atoms. The Hall–Kier alpha value is -0.340. The van der Waals surface area contributed by atoms with Crippen LogP contribution in [-0.2, 0) is 16.2 Å². The average Bonchev–Trinajstić information content (AvgIpc) is 3.47. The molecule has 0 radical (unpaired) electrons. The van der Waals surface area contributed by atoms with Crippen LogP contribution < -0.4 is 10.6 Å². The molecule has 0 aliphatic heterocycles. The maximum atomic E-state index is 12.2. The summed E-state index contributed by atoms with van der Waals surface area (Å²) in [7, 11) is -0.700. The molecule has 3 unspecified atom stereocenters. The second kappa shape index (κ2) is 11.2. The van der Waals surface area contributed by atoms with Gasteiger partial charge >= 0.3 is 0 Å². The Morgan fingerprint density at radius 2 is 2.11 bits per heavy atom. The lowest BCUT2D eigenvalue weighted by molar-refractivity contribution is 0.413. The number of rotatable bonds is 7. The summed E-state index contributed by atoms with van der Waals surface area (Å²) in [4.78, 5) is 4.91. The van der Waals surface area contributed by atoms with Gasteiger partial charge in [0.25, 0.3) is 0 Å². The van der Waals surface area contributed by atoms with Gasteiger partial charge in [-0.3, -0.25) is 9.20 Å². The molecule has 0 heterocycles. The lowest BCUT2D eigenvalue weighted by Crippen LogP contribution is -2.47. The van der Waals surface area contributed by atoms with Crippen molar-refractivity contribution in [1.29, 1.82) is 0 Å². The zero-order chi connectivity index (χ0) is 19.3. The number of nitrogens with one attached hydrogen (secondary N) is 2. The summed E-state index contributed by atoms with van der Waals surface area (Å²) in [5.74, 6) is 1.65. The van der Waals surface area contributed by atoms with Crippen LogP contribution in [0, 0.1) is 0 Å². The lowest BCUT2D eigenvalue weighted by Gasteiger charge is -2.30. The highest BCUT2D eigenvalue weighted by molar-refractivity contribution is 14.0. The molecule has 1 aromatic rings. The molecule has 28 heavy (non-hydrogen) atoms. The molecule has 2 N–H and O–H groups in total. The third kappa shape index (κ3) is 6.33. The minimum absolute atomic E-state index is 0. The van der Waals surface area contributed by atoms with E-state index in [1.54, 1.807) is 0 Å². The van der Waals surface area contributed by atoms with Crippen molar-refractivity contribution in [1.82, 2.24) is 10.6 Å². The number of halogens is 2. The quantitative estimate of drug-likeness (QED) is 0.303. The number of nitrogens with zero attached hydrogens (tertiary/aromatic N) is 1. The Bertz CT molecular complexity index is 696. The van der Waals surface area contributed by atoms with Gasteiger partial charge in [-0.2, -0.15) is 0 Å². The summed E-state index contributed by atoms with van der Waals surface area (Å²) in [6.07, 6.45) is 6.66. The smallest absolute Gasteiger partial charge is 0.191 e. The Labute approximate surface area is 194 Å². The zero-order valence-corrected chi connectivity index (χ0v) is 20.8. The number of aliphatic imine (C=N–C) groups is 1. The number of hydrogen-bond acceptors (Lipinski definition) is 2. The van der Waals surface area contributed by atoms with Crippen molar-refractivity contribution in [3.63, 3.8) is 0 Å². The summed E-state index contributed by atoms with van der Waals surface area (Å²) in [6, 6.07) is 8.56. The fourth-order valence-corrected chi connectivity index (χ4v) is 5.54. The number of guanidine groups is 1. The highest BCUT2D eigenvalue weighted by Gasteiger charge is 2.44. The van der Waals surface area contributed by atoms with E-state index in [9.17, 15) is 4.21 Å². The molecule has 2 saturated carbocycles. The van der Waals surface area contributed by atoms with Crippen molar-refractivity contribution < 1.29 is 4.21 Å². The minimum Gasteiger partial charge on any atom is -0.357 e. The molecule has 2 fully saturated rings. The van der Waals surface area contributed by atoms with Gasteiger partial charge in [0.2, 0.25) is 0 Å². The minimum atomic E-state index is -0.700. The molecule has 0 amide bonds. The predicted octanol–water partition coefficient (Wildman–Crippen LogP) is 4.62. The molecule has 0 saturated heterocycles. The normalized spacial score (nSPS) is 24.8. The zero-order valence-electron chi connectivity index (χ0n) is 16.9. The first kappa shape index (κ1) is 23.9. The molecule has 3 atom stereocenters. The van der Waals surface area contributed by atoms with E-state index in [-0.39, 0.29) is 29.4 Å². The van der Waals surface area contributed by atoms with Gasteiger partial charge in [0, 0.05) is 44.8 Å². The largest absolute Gasteiger partial charge is 0.357 e. The third-order valence-corrected chi connectivity index (χ3v) is 7.77. The Balaban J connectivity index is 0.00000280. The van der Waals surface area contributed by atoms with Crippen LogP contribution in [0.4, 0.5) is 0 Å². The summed E-state index contributed by atoms with van der Waals surface area (Å²) in [6.45, 7) is 5.73. The van der Waals surface area contributed by atoms with Crippen LogP contribution in [0.15, 0.2) is 29.3 Å². The number of benzene rings is 1. The van der Waals surface area contributed by atoms with Crippen LogP contribution in [0.1, 0.15) is 57.9 Å². The van der Waals surface area contributed by atoms with E-state index >= 15 is 0 Å². The highest BCUT2D eigenvalue weighted by Crippen LogP contribution is 2.48. The standard InChI is InChI=1S/C21H32ClN3OS.HI/c1-3-23-20(25-18-9-6-10-19(14-18)27(26)4-2)24-15-21(11-12-21)16-7-5-8-17(22)13-16;/h5,7-8,13,18-19H,3-4,6,9-12,14-15H2,1-2H3,(H2,23,24,25);1H. The molecule has 0 bridgehead atoms. The van der Waals surface area contributed by atoms with Gasteiger partial charge in [0.15, 0.2) is 5.96 Å². The number of hydrogen-bond donors (Lipinski definition) is 2. The predicted molar refractivity (Wildman–Crippen MR) is 132 cm³/mol. The topological polar surface area (TPSA) is 53.5 Å². The SMILES string of the molecule is CCNC(=NCC1(c2cccc(Cl)c2)CC1)NC1CCCC(S(=O)CC)C1.I. The fourth-order valence-electron chi connectivity index (χ4n) is 4.00. The van der Waals surface area contributed by atoms with Crippen LogP contribution in [0.2, 0.25) is 5.02 Å². The molecule has 3 rings (SSSR count). The second-order valence-electron chi connectivity index (χ2n) is 7.79. The summed E-state index contributed by atoms with van der Waals surface area (Å²) in [5, 5.41) is 8.12. The third-order valence-electron chi connectivity index (χ3n) is 5.80. The molecule has 0 aromatic heterocycles. The molecule has 158 valence electrons. The molecular formula is C21H33ClIN3OS. The van der Waals surface area contributed by atoms with E-state index in [2.05, 4.69) is 29.7 Å². The maximum absolute atomic E-state index is 12.2. The summed E-state index contributed by atoms with van der Waals surface area (Å²) < 4.78 is 12.2. The molecule has 2 aliphatic rings. The lowest BCUT2D eigenvalue weighted by atomic mass is 9.95. The first-order valence-corrected chi connectivity index (χ1v) is 12.0. The molecule has 2 aliphatic carbocycles. The van der Waals surface area contributed by atoms with Gasteiger partial charge in [-0.05, 0) is 56.7 Å². The van der Waals surface area contributed by atoms with Crippen molar-refractivity contribution in [3.05, 3.63) is 34.9 Å². The van der Waals surface area contributed by atoms with E-state index in [0.29, 0.717) is 11.3 Å². The van der Waals surface area contributed by atoms with Crippen molar-refractivity contribution in [2.24, 2.45) is 4.99 Å². The van der Waals surface area contributed by atoms with Crippen LogP contribution in [0.5, 0.6) is 0 Å². The van der Waals surface area contributed by atoms with Crippen molar-refractivity contribution in [2.75, 3.05) is 18.8 Å². The molecule has 7 heteroatoms. The molecule has 1 aromatic carbocycles. The first-order chi connectivity index (χ1) is 13.1. The van der Waals surface area contributed by atoms with Gasteiger partial charge in [-0.1, -0.05) is 37.1 Å². The highest BCUT2D eigenvalue weighted by atomic mass is 127. The van der Waals surface area contributed by atoms with Crippen LogP contribution in [-0.4, -0.2) is 40.3 Å². The summed E-state index contributed by atoms with van der Waals surface area (Å²) in [5.41, 5.74) is 1.44. The first-order valence-electron chi connectivity index (χ1n) is 10.2. The van der Waals surface area contributed by atoms with Gasteiger partial charge in [0.05, 0.1) is 6.54 Å². The van der Waals surface area contributed by atoms with Crippen molar-refractivity contribution in [2.45, 2.75) is 69.1 Å². The fraction of sp³-hybridized carbons (Fsp3) is 0.667. The Kier molecular flexibility index (Phi) is 9.54. The van der Waals surface area contributed by atoms with Crippen LogP contribution >= 0.6 is 35.6 Å².